The topological polar surface area (TPSA) is 49.4 Å². The number of halogens is 2. The average Bonchev–Trinajstić information content (AvgIpc) is 2.66. The summed E-state index contributed by atoms with van der Waals surface area (Å²) < 4.78 is 1.61. The fraction of sp³-hybridized carbons (Fsp3) is 0.455. The third-order valence-corrected chi connectivity index (χ3v) is 4.81. The van der Waals surface area contributed by atoms with Crippen LogP contribution in [0.1, 0.15) is 24.2 Å². The van der Waals surface area contributed by atoms with Crippen LogP contribution >= 0.6 is 43.2 Å². The van der Waals surface area contributed by atoms with Crippen molar-refractivity contribution >= 4 is 55.0 Å². The maximum Gasteiger partial charge on any atom is 0.253 e. The Labute approximate surface area is 127 Å². The Morgan fingerprint density at radius 1 is 1.50 bits per heavy atom. The lowest BCUT2D eigenvalue weighted by Crippen LogP contribution is -2.45. The Morgan fingerprint density at radius 2 is 2.11 bits per heavy atom. The van der Waals surface area contributed by atoms with Gasteiger partial charge in [0.1, 0.15) is 6.04 Å². The molecule has 0 aliphatic heterocycles. The van der Waals surface area contributed by atoms with Crippen LogP contribution in [0.5, 0.6) is 0 Å². The highest BCUT2D eigenvalue weighted by atomic mass is 79.9. The number of amides is 2. The fourth-order valence-corrected chi connectivity index (χ4v) is 4.11. The van der Waals surface area contributed by atoms with E-state index in [0.717, 1.165) is 7.57 Å². The molecule has 0 bridgehead atoms. The van der Waals surface area contributed by atoms with Crippen molar-refractivity contribution in [3.05, 3.63) is 19.2 Å². The number of hydrogen-bond acceptors (Lipinski definition) is 3. The summed E-state index contributed by atoms with van der Waals surface area (Å²) in [6, 6.07) is 1.19. The van der Waals surface area contributed by atoms with Gasteiger partial charge in [0.2, 0.25) is 5.91 Å². The molecule has 100 valence electrons. The molecule has 0 fully saturated rings. The van der Waals surface area contributed by atoms with Gasteiger partial charge in [-0.1, -0.05) is 0 Å². The lowest BCUT2D eigenvalue weighted by molar-refractivity contribution is -0.131. The number of hydrogen-bond donors (Lipinski definition) is 1. The van der Waals surface area contributed by atoms with E-state index in [1.165, 1.54) is 11.3 Å². The van der Waals surface area contributed by atoms with Crippen LogP contribution in [0.2, 0.25) is 0 Å². The zero-order chi connectivity index (χ0) is 13.9. The summed E-state index contributed by atoms with van der Waals surface area (Å²) in [4.78, 5) is 25.4. The first-order chi connectivity index (χ1) is 8.36. The van der Waals surface area contributed by atoms with Crippen molar-refractivity contribution in [1.82, 2.24) is 10.2 Å². The molecule has 1 aromatic rings. The van der Waals surface area contributed by atoms with E-state index in [1.54, 1.807) is 24.9 Å². The second-order valence-electron chi connectivity index (χ2n) is 3.79. The predicted molar refractivity (Wildman–Crippen MR) is 80.0 cm³/mol. The molecular formula is C11H14Br2N2O2S. The van der Waals surface area contributed by atoms with E-state index >= 15 is 0 Å². The molecule has 1 heterocycles. The molecule has 1 N–H and O–H groups in total. The number of nitrogens with one attached hydrogen (secondary N) is 1. The number of carbonyl (C=O) groups excluding carboxylic acids is 2. The van der Waals surface area contributed by atoms with Crippen molar-refractivity contribution in [2.24, 2.45) is 0 Å². The summed E-state index contributed by atoms with van der Waals surface area (Å²) in [5.41, 5.74) is 0.533. The van der Waals surface area contributed by atoms with Gasteiger partial charge in [-0.15, -0.1) is 11.3 Å². The molecule has 4 nitrogen and oxygen atoms in total. The van der Waals surface area contributed by atoms with Gasteiger partial charge in [0.25, 0.3) is 5.91 Å². The van der Waals surface area contributed by atoms with Crippen LogP contribution in [0.3, 0.4) is 0 Å². The number of likely N-dealkylation sites (N-methyl/N-ethyl adjacent to an activating group) is 1. The Morgan fingerprint density at radius 3 is 2.56 bits per heavy atom. The highest BCUT2D eigenvalue weighted by molar-refractivity contribution is 9.12. The minimum atomic E-state index is -0.534. The molecule has 0 aliphatic rings. The molecule has 0 aromatic carbocycles. The van der Waals surface area contributed by atoms with E-state index in [2.05, 4.69) is 37.2 Å². The Hall–Kier alpha value is -0.400. The van der Waals surface area contributed by atoms with E-state index in [4.69, 9.17) is 0 Å². The van der Waals surface area contributed by atoms with E-state index in [0.29, 0.717) is 12.1 Å². The lowest BCUT2D eigenvalue weighted by atomic mass is 10.2. The van der Waals surface area contributed by atoms with E-state index < -0.39 is 6.04 Å². The standard InChI is InChI=1S/C11H14Br2N2O2S/c1-4-15(3)11(17)6(2)14-10(16)7-5-8(12)18-9(7)13/h5-6H,4H2,1-3H3,(H,14,16). The summed E-state index contributed by atoms with van der Waals surface area (Å²) >= 11 is 8.05. The predicted octanol–water partition coefficient (Wildman–Crippen LogP) is 2.87. The molecule has 0 saturated carbocycles. The van der Waals surface area contributed by atoms with Crippen LogP contribution < -0.4 is 5.32 Å². The van der Waals surface area contributed by atoms with Crippen LogP contribution in [-0.2, 0) is 4.79 Å². The van der Waals surface area contributed by atoms with E-state index in [-0.39, 0.29) is 11.8 Å². The normalized spacial score (nSPS) is 12.1. The molecule has 1 atom stereocenters. The van der Waals surface area contributed by atoms with Crippen LogP contribution in [0.15, 0.2) is 13.6 Å². The molecular weight excluding hydrogens is 384 g/mol. The number of nitrogens with zero attached hydrogens (tertiary/aromatic N) is 1. The molecule has 0 aliphatic carbocycles. The molecule has 1 rings (SSSR count). The van der Waals surface area contributed by atoms with Crippen LogP contribution in [0.25, 0.3) is 0 Å². The van der Waals surface area contributed by atoms with Crippen molar-refractivity contribution in [2.75, 3.05) is 13.6 Å². The summed E-state index contributed by atoms with van der Waals surface area (Å²) in [5.74, 6) is -0.356. The van der Waals surface area contributed by atoms with Gasteiger partial charge in [-0.2, -0.15) is 0 Å². The fourth-order valence-electron chi connectivity index (χ4n) is 1.32. The zero-order valence-electron chi connectivity index (χ0n) is 10.3. The van der Waals surface area contributed by atoms with Crippen molar-refractivity contribution in [2.45, 2.75) is 19.9 Å². The summed E-state index contributed by atoms with van der Waals surface area (Å²) in [5, 5.41) is 2.69. The van der Waals surface area contributed by atoms with Gasteiger partial charge in [-0.3, -0.25) is 9.59 Å². The largest absolute Gasteiger partial charge is 0.344 e. The van der Waals surface area contributed by atoms with Gasteiger partial charge >= 0.3 is 0 Å². The Bertz CT molecular complexity index is 462. The Kier molecular flexibility index (Phi) is 5.81. The molecule has 7 heteroatoms. The van der Waals surface area contributed by atoms with Crippen molar-refractivity contribution in [1.29, 1.82) is 0 Å². The molecule has 0 saturated heterocycles. The van der Waals surface area contributed by atoms with Gasteiger partial charge < -0.3 is 10.2 Å². The first-order valence-corrected chi connectivity index (χ1v) is 7.77. The SMILES string of the molecule is CCN(C)C(=O)C(C)NC(=O)c1cc(Br)sc1Br. The number of thiophene rings is 1. The van der Waals surface area contributed by atoms with Gasteiger partial charge in [0.15, 0.2) is 0 Å². The minimum absolute atomic E-state index is 0.101. The molecule has 2 amide bonds. The van der Waals surface area contributed by atoms with Crippen LogP contribution in [0, 0.1) is 0 Å². The number of carbonyl (C=O) groups is 2. The molecule has 18 heavy (non-hydrogen) atoms. The second kappa shape index (κ2) is 6.68. The Balaban J connectivity index is 2.71. The first-order valence-electron chi connectivity index (χ1n) is 5.37. The molecule has 1 aromatic heterocycles. The second-order valence-corrected chi connectivity index (χ2v) is 7.53. The van der Waals surface area contributed by atoms with Crippen molar-refractivity contribution < 1.29 is 9.59 Å². The molecule has 1 unspecified atom stereocenters. The lowest BCUT2D eigenvalue weighted by Gasteiger charge is -2.20. The van der Waals surface area contributed by atoms with E-state index in [9.17, 15) is 9.59 Å². The third-order valence-electron chi connectivity index (χ3n) is 2.47. The highest BCUT2D eigenvalue weighted by Crippen LogP contribution is 2.31. The van der Waals surface area contributed by atoms with Gasteiger partial charge in [0, 0.05) is 13.6 Å². The van der Waals surface area contributed by atoms with Crippen molar-refractivity contribution in [3.63, 3.8) is 0 Å². The molecule has 0 spiro atoms. The third kappa shape index (κ3) is 3.80. The zero-order valence-corrected chi connectivity index (χ0v) is 14.3. The smallest absolute Gasteiger partial charge is 0.253 e. The number of rotatable bonds is 4. The maximum atomic E-state index is 12.0. The first kappa shape index (κ1) is 15.7. The summed E-state index contributed by atoms with van der Waals surface area (Å²) in [6.07, 6.45) is 0. The van der Waals surface area contributed by atoms with Crippen LogP contribution in [0.4, 0.5) is 0 Å². The van der Waals surface area contributed by atoms with Gasteiger partial charge in [-0.25, -0.2) is 0 Å². The average molecular weight is 398 g/mol. The van der Waals surface area contributed by atoms with Gasteiger partial charge in [0.05, 0.1) is 13.1 Å². The van der Waals surface area contributed by atoms with Gasteiger partial charge in [-0.05, 0) is 51.8 Å². The monoisotopic (exact) mass is 396 g/mol. The highest BCUT2D eigenvalue weighted by Gasteiger charge is 2.21. The maximum absolute atomic E-state index is 12.0. The summed E-state index contributed by atoms with van der Waals surface area (Å²) in [6.45, 7) is 4.19. The van der Waals surface area contributed by atoms with Crippen molar-refractivity contribution in [3.8, 4) is 0 Å². The van der Waals surface area contributed by atoms with E-state index in [1.807, 2.05) is 6.92 Å². The quantitative estimate of drug-likeness (QED) is 0.849. The van der Waals surface area contributed by atoms with Crippen LogP contribution in [-0.4, -0.2) is 36.3 Å². The summed E-state index contributed by atoms with van der Waals surface area (Å²) in [7, 11) is 1.71. The minimum Gasteiger partial charge on any atom is -0.344 e. The molecule has 0 radical (unpaired) electrons.